The molecule has 0 atom stereocenters. The molecule has 1 aliphatic carbocycles. The highest BCUT2D eigenvalue weighted by molar-refractivity contribution is 5.43. The van der Waals surface area contributed by atoms with Crippen molar-refractivity contribution in [1.82, 2.24) is 14.8 Å². The molecule has 22 heavy (non-hydrogen) atoms. The summed E-state index contributed by atoms with van der Waals surface area (Å²) in [7, 11) is 3.31. The molecule has 0 saturated heterocycles. The third-order valence-electron chi connectivity index (χ3n) is 4.38. The van der Waals surface area contributed by atoms with Gasteiger partial charge in [-0.3, -0.25) is 0 Å². The summed E-state index contributed by atoms with van der Waals surface area (Å²) in [4.78, 5) is 4.46. The van der Waals surface area contributed by atoms with Crippen LogP contribution in [0, 0.1) is 0 Å². The van der Waals surface area contributed by atoms with Crippen molar-refractivity contribution in [3.05, 3.63) is 35.9 Å². The van der Waals surface area contributed by atoms with Crippen molar-refractivity contribution in [3.8, 4) is 11.5 Å². The molecule has 1 fully saturated rings. The molecule has 1 heterocycles. The molecule has 0 radical (unpaired) electrons. The molecule has 1 aliphatic rings. The topological polar surface area (TPSA) is 49.2 Å². The van der Waals surface area contributed by atoms with E-state index in [-0.39, 0.29) is 0 Å². The van der Waals surface area contributed by atoms with E-state index in [1.807, 2.05) is 12.1 Å². The van der Waals surface area contributed by atoms with Gasteiger partial charge in [-0.2, -0.15) is 5.10 Å². The zero-order valence-corrected chi connectivity index (χ0v) is 13.3. The third-order valence-corrected chi connectivity index (χ3v) is 4.38. The van der Waals surface area contributed by atoms with E-state index in [2.05, 4.69) is 20.8 Å². The fraction of sp³-hybridized carbons (Fsp3) is 0.529. The average molecular weight is 301 g/mol. The van der Waals surface area contributed by atoms with E-state index >= 15 is 0 Å². The molecule has 2 aromatic rings. The lowest BCUT2D eigenvalue weighted by Gasteiger charge is -2.23. The second-order valence-electron chi connectivity index (χ2n) is 5.78. The zero-order chi connectivity index (χ0) is 15.4. The molecule has 118 valence electrons. The minimum Gasteiger partial charge on any atom is -0.493 e. The Labute approximate surface area is 131 Å². The van der Waals surface area contributed by atoms with E-state index in [4.69, 9.17) is 9.47 Å². The van der Waals surface area contributed by atoms with Gasteiger partial charge in [0.1, 0.15) is 12.2 Å². The van der Waals surface area contributed by atoms with Crippen molar-refractivity contribution < 1.29 is 9.47 Å². The monoisotopic (exact) mass is 301 g/mol. The van der Waals surface area contributed by atoms with E-state index in [0.29, 0.717) is 6.04 Å². The van der Waals surface area contributed by atoms with E-state index < -0.39 is 0 Å². The molecule has 0 spiro atoms. The van der Waals surface area contributed by atoms with Gasteiger partial charge in [-0.25, -0.2) is 9.67 Å². The first-order valence-electron chi connectivity index (χ1n) is 7.91. The minimum absolute atomic E-state index is 0.506. The Morgan fingerprint density at radius 1 is 1.09 bits per heavy atom. The predicted octanol–water partition coefficient (Wildman–Crippen LogP) is 3.39. The normalized spacial score (nSPS) is 15.7. The maximum absolute atomic E-state index is 5.37. The smallest absolute Gasteiger partial charge is 0.161 e. The van der Waals surface area contributed by atoms with Crippen LogP contribution in [0.5, 0.6) is 11.5 Å². The van der Waals surface area contributed by atoms with Crippen LogP contribution in [0.3, 0.4) is 0 Å². The van der Waals surface area contributed by atoms with Gasteiger partial charge in [-0.1, -0.05) is 25.3 Å². The van der Waals surface area contributed by atoms with Gasteiger partial charge in [-0.05, 0) is 30.5 Å². The first kappa shape index (κ1) is 14.9. The van der Waals surface area contributed by atoms with Crippen LogP contribution in [-0.4, -0.2) is 29.0 Å². The molecule has 1 aromatic carbocycles. The molecule has 3 rings (SSSR count). The molecule has 1 aromatic heterocycles. The fourth-order valence-electron chi connectivity index (χ4n) is 3.20. The van der Waals surface area contributed by atoms with Gasteiger partial charge in [0.05, 0.1) is 20.3 Å². The third kappa shape index (κ3) is 3.08. The Balaban J connectivity index is 1.80. The highest BCUT2D eigenvalue weighted by atomic mass is 16.5. The average Bonchev–Trinajstić information content (AvgIpc) is 3.03. The first-order chi connectivity index (χ1) is 10.8. The fourth-order valence-corrected chi connectivity index (χ4v) is 3.20. The summed E-state index contributed by atoms with van der Waals surface area (Å²) in [5, 5.41) is 4.46. The van der Waals surface area contributed by atoms with Crippen LogP contribution in [0.15, 0.2) is 24.5 Å². The van der Waals surface area contributed by atoms with Gasteiger partial charge in [0.25, 0.3) is 0 Å². The van der Waals surface area contributed by atoms with Crippen LogP contribution in [0.4, 0.5) is 0 Å². The molecule has 5 heteroatoms. The number of hydrogen-bond donors (Lipinski definition) is 0. The molecule has 0 aliphatic heterocycles. The van der Waals surface area contributed by atoms with Gasteiger partial charge in [0.15, 0.2) is 11.5 Å². The first-order valence-corrected chi connectivity index (χ1v) is 7.91. The highest BCUT2D eigenvalue weighted by Gasteiger charge is 2.19. The second kappa shape index (κ2) is 6.81. The quantitative estimate of drug-likeness (QED) is 0.849. The van der Waals surface area contributed by atoms with Crippen LogP contribution < -0.4 is 9.47 Å². The number of ether oxygens (including phenoxy) is 2. The largest absolute Gasteiger partial charge is 0.493 e. The Bertz CT molecular complexity index is 618. The van der Waals surface area contributed by atoms with Crippen molar-refractivity contribution in [1.29, 1.82) is 0 Å². The SMILES string of the molecule is COc1ccc(Cc2ncnn2C2CCCCC2)cc1OC. The lowest BCUT2D eigenvalue weighted by atomic mass is 9.95. The Hall–Kier alpha value is -2.04. The van der Waals surface area contributed by atoms with E-state index in [9.17, 15) is 0 Å². The van der Waals surface area contributed by atoms with E-state index in [1.54, 1.807) is 20.5 Å². The maximum atomic E-state index is 5.37. The van der Waals surface area contributed by atoms with Gasteiger partial charge in [0.2, 0.25) is 0 Å². The molecule has 5 nitrogen and oxygen atoms in total. The number of methoxy groups -OCH3 is 2. The Kier molecular flexibility index (Phi) is 4.61. The van der Waals surface area contributed by atoms with Crippen LogP contribution in [0.1, 0.15) is 49.5 Å². The minimum atomic E-state index is 0.506. The summed E-state index contributed by atoms with van der Waals surface area (Å²) in [6.45, 7) is 0. The number of aromatic nitrogens is 3. The highest BCUT2D eigenvalue weighted by Crippen LogP contribution is 2.30. The summed E-state index contributed by atoms with van der Waals surface area (Å²) in [5.41, 5.74) is 1.16. The summed E-state index contributed by atoms with van der Waals surface area (Å²) in [6, 6.07) is 6.52. The Morgan fingerprint density at radius 3 is 2.59 bits per heavy atom. The van der Waals surface area contributed by atoms with Crippen LogP contribution in [0.2, 0.25) is 0 Å². The molecular formula is C17H23N3O2. The number of rotatable bonds is 5. The summed E-state index contributed by atoms with van der Waals surface area (Å²) in [5.74, 6) is 2.53. The summed E-state index contributed by atoms with van der Waals surface area (Å²) >= 11 is 0. The maximum Gasteiger partial charge on any atom is 0.161 e. The van der Waals surface area contributed by atoms with Crippen molar-refractivity contribution in [3.63, 3.8) is 0 Å². The standard InChI is InChI=1S/C17H23N3O2/c1-21-15-9-8-13(10-16(15)22-2)11-17-18-12-19-20(17)14-6-4-3-5-7-14/h8-10,12,14H,3-7,11H2,1-2H3. The second-order valence-corrected chi connectivity index (χ2v) is 5.78. The molecule has 0 amide bonds. The van der Waals surface area contributed by atoms with Crippen molar-refractivity contribution in [2.75, 3.05) is 14.2 Å². The van der Waals surface area contributed by atoms with E-state index in [1.165, 1.54) is 32.1 Å². The number of hydrogen-bond acceptors (Lipinski definition) is 4. The van der Waals surface area contributed by atoms with Gasteiger partial charge in [-0.15, -0.1) is 0 Å². The molecule has 0 bridgehead atoms. The lowest BCUT2D eigenvalue weighted by Crippen LogP contribution is -2.17. The van der Waals surface area contributed by atoms with Crippen molar-refractivity contribution in [2.24, 2.45) is 0 Å². The molecular weight excluding hydrogens is 278 g/mol. The number of nitrogens with zero attached hydrogens (tertiary/aromatic N) is 3. The summed E-state index contributed by atoms with van der Waals surface area (Å²) < 4.78 is 12.8. The van der Waals surface area contributed by atoms with Gasteiger partial charge in [0, 0.05) is 6.42 Å². The van der Waals surface area contributed by atoms with Gasteiger partial charge >= 0.3 is 0 Å². The van der Waals surface area contributed by atoms with Crippen molar-refractivity contribution in [2.45, 2.75) is 44.6 Å². The molecule has 0 unspecified atom stereocenters. The molecule has 0 N–H and O–H groups in total. The van der Waals surface area contributed by atoms with Gasteiger partial charge < -0.3 is 9.47 Å². The predicted molar refractivity (Wildman–Crippen MR) is 84.5 cm³/mol. The zero-order valence-electron chi connectivity index (χ0n) is 13.3. The van der Waals surface area contributed by atoms with Crippen LogP contribution >= 0.6 is 0 Å². The van der Waals surface area contributed by atoms with E-state index in [0.717, 1.165) is 29.3 Å². The van der Waals surface area contributed by atoms with Crippen LogP contribution in [-0.2, 0) is 6.42 Å². The number of benzene rings is 1. The molecule has 1 saturated carbocycles. The lowest BCUT2D eigenvalue weighted by molar-refractivity contribution is 0.322. The summed E-state index contributed by atoms with van der Waals surface area (Å²) in [6.07, 6.45) is 8.78. The van der Waals surface area contributed by atoms with Crippen LogP contribution in [0.25, 0.3) is 0 Å². The Morgan fingerprint density at radius 2 is 1.86 bits per heavy atom. The van der Waals surface area contributed by atoms with Crippen molar-refractivity contribution >= 4 is 0 Å².